The molecule has 0 saturated carbocycles. The SMILES string of the molecule is CNCCCNC(=O)C(C)Oc1cccc(Br)c1.Cl. The van der Waals surface area contributed by atoms with Gasteiger partial charge >= 0.3 is 0 Å². The molecular weight excluding hydrogens is 332 g/mol. The van der Waals surface area contributed by atoms with Crippen molar-refractivity contribution in [2.24, 2.45) is 0 Å². The topological polar surface area (TPSA) is 50.4 Å². The smallest absolute Gasteiger partial charge is 0.260 e. The lowest BCUT2D eigenvalue weighted by molar-refractivity contribution is -0.127. The second-order valence-corrected chi connectivity index (χ2v) is 4.88. The van der Waals surface area contributed by atoms with E-state index in [0.717, 1.165) is 17.4 Å². The van der Waals surface area contributed by atoms with Crippen LogP contribution in [0.5, 0.6) is 5.75 Å². The van der Waals surface area contributed by atoms with Gasteiger partial charge in [-0.05, 0) is 45.1 Å². The molecule has 0 radical (unpaired) electrons. The molecule has 1 rings (SSSR count). The first-order valence-electron chi connectivity index (χ1n) is 5.98. The Morgan fingerprint density at radius 2 is 2.16 bits per heavy atom. The molecule has 0 heterocycles. The summed E-state index contributed by atoms with van der Waals surface area (Å²) in [7, 11) is 1.89. The van der Waals surface area contributed by atoms with E-state index >= 15 is 0 Å². The summed E-state index contributed by atoms with van der Waals surface area (Å²) in [6.45, 7) is 3.29. The molecule has 0 aliphatic rings. The van der Waals surface area contributed by atoms with Crippen LogP contribution in [-0.2, 0) is 4.79 Å². The number of nitrogens with one attached hydrogen (secondary N) is 2. The zero-order valence-electron chi connectivity index (χ0n) is 11.1. The second kappa shape index (κ2) is 10.1. The summed E-state index contributed by atoms with van der Waals surface area (Å²) in [5, 5.41) is 5.87. The number of hydrogen-bond acceptors (Lipinski definition) is 3. The van der Waals surface area contributed by atoms with Crippen LogP contribution < -0.4 is 15.4 Å². The van der Waals surface area contributed by atoms with Crippen LogP contribution >= 0.6 is 28.3 Å². The van der Waals surface area contributed by atoms with Gasteiger partial charge in [-0.2, -0.15) is 0 Å². The Hall–Kier alpha value is -0.780. The third-order valence-electron chi connectivity index (χ3n) is 2.38. The minimum atomic E-state index is -0.492. The van der Waals surface area contributed by atoms with Gasteiger partial charge in [-0.25, -0.2) is 0 Å². The van der Waals surface area contributed by atoms with Crippen molar-refractivity contribution in [2.75, 3.05) is 20.1 Å². The van der Waals surface area contributed by atoms with Gasteiger partial charge in [0.2, 0.25) is 0 Å². The van der Waals surface area contributed by atoms with E-state index in [1.165, 1.54) is 0 Å². The Balaban J connectivity index is 0.00000324. The molecule has 0 aliphatic carbocycles. The summed E-state index contributed by atoms with van der Waals surface area (Å²) in [5.41, 5.74) is 0. The first-order chi connectivity index (χ1) is 8.63. The summed E-state index contributed by atoms with van der Waals surface area (Å²) < 4.78 is 6.49. The second-order valence-electron chi connectivity index (χ2n) is 3.97. The van der Waals surface area contributed by atoms with Crippen molar-refractivity contribution >= 4 is 34.2 Å². The molecule has 6 heteroatoms. The van der Waals surface area contributed by atoms with Crippen LogP contribution in [0.3, 0.4) is 0 Å². The van der Waals surface area contributed by atoms with E-state index in [-0.39, 0.29) is 18.3 Å². The van der Waals surface area contributed by atoms with Crippen LogP contribution in [0.4, 0.5) is 0 Å². The summed E-state index contributed by atoms with van der Waals surface area (Å²) >= 11 is 3.36. The van der Waals surface area contributed by atoms with E-state index in [0.29, 0.717) is 12.3 Å². The number of benzene rings is 1. The number of hydrogen-bond donors (Lipinski definition) is 2. The Morgan fingerprint density at radius 3 is 2.79 bits per heavy atom. The van der Waals surface area contributed by atoms with Gasteiger partial charge in [0.15, 0.2) is 6.10 Å². The molecule has 0 spiro atoms. The molecule has 0 aliphatic heterocycles. The van der Waals surface area contributed by atoms with Crippen molar-refractivity contribution in [3.05, 3.63) is 28.7 Å². The molecule has 0 saturated heterocycles. The highest BCUT2D eigenvalue weighted by Gasteiger charge is 2.13. The standard InChI is InChI=1S/C13H19BrN2O2.ClH/c1-10(13(17)16-8-4-7-15-2)18-12-6-3-5-11(14)9-12;/h3,5-6,9-10,15H,4,7-8H2,1-2H3,(H,16,17);1H. The summed E-state index contributed by atoms with van der Waals surface area (Å²) in [6, 6.07) is 7.45. The van der Waals surface area contributed by atoms with Crippen LogP contribution in [0.2, 0.25) is 0 Å². The van der Waals surface area contributed by atoms with Gasteiger partial charge in [0.1, 0.15) is 5.75 Å². The fourth-order valence-corrected chi connectivity index (χ4v) is 1.80. The fraction of sp³-hybridized carbons (Fsp3) is 0.462. The molecule has 1 atom stereocenters. The molecule has 108 valence electrons. The predicted octanol–water partition coefficient (Wildman–Crippen LogP) is 2.36. The largest absolute Gasteiger partial charge is 0.481 e. The van der Waals surface area contributed by atoms with Crippen molar-refractivity contribution in [3.63, 3.8) is 0 Å². The van der Waals surface area contributed by atoms with Crippen molar-refractivity contribution in [2.45, 2.75) is 19.4 Å². The highest BCUT2D eigenvalue weighted by molar-refractivity contribution is 9.10. The van der Waals surface area contributed by atoms with Crippen molar-refractivity contribution in [1.82, 2.24) is 10.6 Å². The molecule has 0 aromatic heterocycles. The fourth-order valence-electron chi connectivity index (χ4n) is 1.42. The van der Waals surface area contributed by atoms with Gasteiger partial charge in [0, 0.05) is 11.0 Å². The van der Waals surface area contributed by atoms with E-state index in [2.05, 4.69) is 26.6 Å². The maximum atomic E-state index is 11.7. The van der Waals surface area contributed by atoms with Gasteiger partial charge in [0.05, 0.1) is 0 Å². The lowest BCUT2D eigenvalue weighted by atomic mass is 10.3. The van der Waals surface area contributed by atoms with Crippen molar-refractivity contribution < 1.29 is 9.53 Å². The van der Waals surface area contributed by atoms with Crippen molar-refractivity contribution in [1.29, 1.82) is 0 Å². The maximum absolute atomic E-state index is 11.7. The summed E-state index contributed by atoms with van der Waals surface area (Å²) in [5.74, 6) is 0.591. The van der Waals surface area contributed by atoms with E-state index in [4.69, 9.17) is 4.74 Å². The Bertz CT molecular complexity index is 391. The lowest BCUT2D eigenvalue weighted by Gasteiger charge is -2.14. The number of carbonyl (C=O) groups is 1. The average Bonchev–Trinajstić information content (AvgIpc) is 2.34. The van der Waals surface area contributed by atoms with E-state index in [1.807, 2.05) is 31.3 Å². The number of carbonyl (C=O) groups excluding carboxylic acids is 1. The lowest BCUT2D eigenvalue weighted by Crippen LogP contribution is -2.37. The average molecular weight is 352 g/mol. The molecule has 1 aromatic rings. The van der Waals surface area contributed by atoms with E-state index in [9.17, 15) is 4.79 Å². The van der Waals surface area contributed by atoms with Crippen LogP contribution in [-0.4, -0.2) is 32.1 Å². The zero-order valence-corrected chi connectivity index (χ0v) is 13.5. The van der Waals surface area contributed by atoms with E-state index < -0.39 is 6.10 Å². The van der Waals surface area contributed by atoms with Gasteiger partial charge in [0.25, 0.3) is 5.91 Å². The monoisotopic (exact) mass is 350 g/mol. The van der Waals surface area contributed by atoms with Crippen molar-refractivity contribution in [3.8, 4) is 5.75 Å². The number of amides is 1. The van der Waals surface area contributed by atoms with Crippen LogP contribution in [0.25, 0.3) is 0 Å². The number of rotatable bonds is 7. The molecule has 19 heavy (non-hydrogen) atoms. The number of ether oxygens (including phenoxy) is 1. The van der Waals surface area contributed by atoms with Crippen LogP contribution in [0.1, 0.15) is 13.3 Å². The third-order valence-corrected chi connectivity index (χ3v) is 2.87. The predicted molar refractivity (Wildman–Crippen MR) is 83.0 cm³/mol. The molecule has 4 nitrogen and oxygen atoms in total. The van der Waals surface area contributed by atoms with E-state index in [1.54, 1.807) is 6.92 Å². The molecular formula is C13H20BrClN2O2. The first-order valence-corrected chi connectivity index (χ1v) is 6.77. The highest BCUT2D eigenvalue weighted by Crippen LogP contribution is 2.18. The van der Waals surface area contributed by atoms with Gasteiger partial charge < -0.3 is 15.4 Å². The highest BCUT2D eigenvalue weighted by atomic mass is 79.9. The van der Waals surface area contributed by atoms with Gasteiger partial charge in [-0.3, -0.25) is 4.79 Å². The Labute approximate surface area is 128 Å². The first kappa shape index (κ1) is 18.2. The maximum Gasteiger partial charge on any atom is 0.260 e. The number of halogens is 2. The minimum Gasteiger partial charge on any atom is -0.481 e. The van der Waals surface area contributed by atoms with Crippen LogP contribution in [0.15, 0.2) is 28.7 Å². The minimum absolute atomic E-state index is 0. The molecule has 2 N–H and O–H groups in total. The molecule has 1 unspecified atom stereocenters. The summed E-state index contributed by atoms with van der Waals surface area (Å²) in [4.78, 5) is 11.7. The molecule has 1 amide bonds. The Morgan fingerprint density at radius 1 is 1.42 bits per heavy atom. The Kier molecular flexibility index (Phi) is 9.65. The third kappa shape index (κ3) is 7.40. The summed E-state index contributed by atoms with van der Waals surface area (Å²) in [6.07, 6.45) is 0.417. The quantitative estimate of drug-likeness (QED) is 0.742. The van der Waals surface area contributed by atoms with Gasteiger partial charge in [-0.15, -0.1) is 12.4 Å². The van der Waals surface area contributed by atoms with Gasteiger partial charge in [-0.1, -0.05) is 22.0 Å². The molecule has 0 fully saturated rings. The zero-order chi connectivity index (χ0) is 13.4. The van der Waals surface area contributed by atoms with Crippen LogP contribution in [0, 0.1) is 0 Å². The normalized spacial score (nSPS) is 11.3. The molecule has 1 aromatic carbocycles. The molecule has 0 bridgehead atoms.